The number of piperidine rings is 1. The van der Waals surface area contributed by atoms with E-state index in [1.165, 1.54) is 4.88 Å². The lowest BCUT2D eigenvalue weighted by atomic mass is 9.93. The molecule has 1 aliphatic rings. The summed E-state index contributed by atoms with van der Waals surface area (Å²) in [5.74, 6) is 0.286. The molecule has 1 aliphatic heterocycles. The minimum atomic E-state index is -0.182. The molecule has 0 radical (unpaired) electrons. The third-order valence-corrected chi connectivity index (χ3v) is 3.96. The van der Waals surface area contributed by atoms with E-state index in [2.05, 4.69) is 9.88 Å². The standard InChI is InChI=1S/C11H18N4OS.ClH/c12-10(16)5-8-1-3-15(4-2-8)7-9-6-14-11(13)17-9;/h6,8H,1-5,7H2,(H2,12,16)(H2,13,14);1H. The van der Waals surface area contributed by atoms with Crippen LogP contribution in [0.4, 0.5) is 5.13 Å². The number of rotatable bonds is 4. The Morgan fingerprint density at radius 3 is 2.67 bits per heavy atom. The number of amides is 1. The molecule has 0 bridgehead atoms. The van der Waals surface area contributed by atoms with E-state index in [9.17, 15) is 4.79 Å². The summed E-state index contributed by atoms with van der Waals surface area (Å²) in [6, 6.07) is 0. The molecule has 1 saturated heterocycles. The van der Waals surface area contributed by atoms with Gasteiger partial charge in [-0.05, 0) is 31.8 Å². The third-order valence-electron chi connectivity index (χ3n) is 3.15. The molecular formula is C11H19ClN4OS. The van der Waals surface area contributed by atoms with Gasteiger partial charge in [0.2, 0.25) is 5.91 Å². The molecule has 1 amide bonds. The molecule has 1 aromatic rings. The van der Waals surface area contributed by atoms with Crippen molar-refractivity contribution in [3.8, 4) is 0 Å². The quantitative estimate of drug-likeness (QED) is 0.873. The van der Waals surface area contributed by atoms with E-state index in [-0.39, 0.29) is 18.3 Å². The highest BCUT2D eigenvalue weighted by Gasteiger charge is 2.20. The van der Waals surface area contributed by atoms with Gasteiger partial charge in [-0.1, -0.05) is 0 Å². The molecule has 4 N–H and O–H groups in total. The molecule has 18 heavy (non-hydrogen) atoms. The number of hydrogen-bond donors (Lipinski definition) is 2. The first-order chi connectivity index (χ1) is 8.13. The van der Waals surface area contributed by atoms with E-state index in [0.29, 0.717) is 17.5 Å². The first kappa shape index (κ1) is 15.2. The molecule has 1 aromatic heterocycles. The van der Waals surface area contributed by atoms with Crippen molar-refractivity contribution in [1.29, 1.82) is 0 Å². The van der Waals surface area contributed by atoms with E-state index in [1.54, 1.807) is 11.3 Å². The van der Waals surface area contributed by atoms with Crippen LogP contribution in [-0.4, -0.2) is 28.9 Å². The van der Waals surface area contributed by atoms with Crippen LogP contribution in [0.5, 0.6) is 0 Å². The number of thiazole rings is 1. The maximum Gasteiger partial charge on any atom is 0.217 e. The first-order valence-electron chi connectivity index (χ1n) is 5.84. The van der Waals surface area contributed by atoms with Crippen LogP contribution in [0.2, 0.25) is 0 Å². The number of halogens is 1. The monoisotopic (exact) mass is 290 g/mol. The Hall–Kier alpha value is -0.850. The SMILES string of the molecule is Cl.NC(=O)CC1CCN(Cc2cnc(N)s2)CC1. The second kappa shape index (κ2) is 6.92. The lowest BCUT2D eigenvalue weighted by molar-refractivity contribution is -0.119. The molecule has 102 valence electrons. The Morgan fingerprint density at radius 2 is 2.17 bits per heavy atom. The molecule has 0 atom stereocenters. The second-order valence-electron chi connectivity index (χ2n) is 4.55. The molecule has 0 saturated carbocycles. The van der Waals surface area contributed by atoms with Crippen molar-refractivity contribution in [3.63, 3.8) is 0 Å². The Bertz CT molecular complexity index is 390. The number of anilines is 1. The summed E-state index contributed by atoms with van der Waals surface area (Å²) in [5, 5.41) is 0.628. The second-order valence-corrected chi connectivity index (χ2v) is 5.70. The average Bonchev–Trinajstić information content (AvgIpc) is 2.66. The van der Waals surface area contributed by atoms with Crippen LogP contribution in [0.3, 0.4) is 0 Å². The van der Waals surface area contributed by atoms with E-state index in [4.69, 9.17) is 11.5 Å². The number of nitrogen functional groups attached to an aromatic ring is 1. The normalized spacial score (nSPS) is 17.3. The summed E-state index contributed by atoms with van der Waals surface area (Å²) in [6.45, 7) is 2.96. The minimum absolute atomic E-state index is 0. The van der Waals surface area contributed by atoms with Gasteiger partial charge in [0, 0.05) is 24.0 Å². The van der Waals surface area contributed by atoms with Crippen molar-refractivity contribution in [2.45, 2.75) is 25.8 Å². The van der Waals surface area contributed by atoms with Crippen molar-refractivity contribution < 1.29 is 4.79 Å². The highest BCUT2D eigenvalue weighted by Crippen LogP contribution is 2.23. The minimum Gasteiger partial charge on any atom is -0.375 e. The van der Waals surface area contributed by atoms with Crippen molar-refractivity contribution in [3.05, 3.63) is 11.1 Å². The predicted octanol–water partition coefficient (Wildman–Crippen LogP) is 1.23. The molecule has 1 fully saturated rings. The number of primary amides is 1. The molecule has 0 spiro atoms. The highest BCUT2D eigenvalue weighted by molar-refractivity contribution is 7.15. The van der Waals surface area contributed by atoms with Gasteiger partial charge in [-0.3, -0.25) is 9.69 Å². The topological polar surface area (TPSA) is 85.2 Å². The Balaban J connectivity index is 0.00000162. The van der Waals surface area contributed by atoms with Gasteiger partial charge in [0.1, 0.15) is 0 Å². The van der Waals surface area contributed by atoms with E-state index in [1.807, 2.05) is 6.20 Å². The van der Waals surface area contributed by atoms with Crippen LogP contribution in [0.1, 0.15) is 24.1 Å². The lowest BCUT2D eigenvalue weighted by Crippen LogP contribution is -2.34. The van der Waals surface area contributed by atoms with Gasteiger partial charge in [0.25, 0.3) is 0 Å². The van der Waals surface area contributed by atoms with Crippen molar-refractivity contribution in [2.75, 3.05) is 18.8 Å². The van der Waals surface area contributed by atoms with Crippen molar-refractivity contribution in [1.82, 2.24) is 9.88 Å². The van der Waals surface area contributed by atoms with Gasteiger partial charge in [-0.15, -0.1) is 23.7 Å². The molecule has 7 heteroatoms. The predicted molar refractivity (Wildman–Crippen MR) is 75.6 cm³/mol. The highest BCUT2D eigenvalue weighted by atomic mass is 35.5. The zero-order valence-electron chi connectivity index (χ0n) is 10.2. The summed E-state index contributed by atoms with van der Waals surface area (Å²) in [6.07, 6.45) is 4.48. The third kappa shape index (κ3) is 4.44. The van der Waals surface area contributed by atoms with Gasteiger partial charge in [-0.2, -0.15) is 0 Å². The molecule has 5 nitrogen and oxygen atoms in total. The summed E-state index contributed by atoms with van der Waals surface area (Å²) < 4.78 is 0. The van der Waals surface area contributed by atoms with Gasteiger partial charge in [-0.25, -0.2) is 4.98 Å². The molecule has 2 rings (SSSR count). The van der Waals surface area contributed by atoms with Crippen molar-refractivity contribution >= 4 is 34.8 Å². The molecule has 0 unspecified atom stereocenters. The number of nitrogens with two attached hydrogens (primary N) is 2. The summed E-state index contributed by atoms with van der Waals surface area (Å²) >= 11 is 1.54. The van der Waals surface area contributed by atoms with Gasteiger partial charge >= 0.3 is 0 Å². The van der Waals surface area contributed by atoms with Gasteiger partial charge < -0.3 is 11.5 Å². The zero-order chi connectivity index (χ0) is 12.3. The Labute approximate surface area is 117 Å². The number of carbonyl (C=O) groups is 1. The lowest BCUT2D eigenvalue weighted by Gasteiger charge is -2.30. The van der Waals surface area contributed by atoms with E-state index < -0.39 is 0 Å². The number of likely N-dealkylation sites (tertiary alicyclic amines) is 1. The number of hydrogen-bond acceptors (Lipinski definition) is 5. The summed E-state index contributed by atoms with van der Waals surface area (Å²) in [5.41, 5.74) is 10.8. The van der Waals surface area contributed by atoms with E-state index in [0.717, 1.165) is 32.5 Å². The van der Waals surface area contributed by atoms with Crippen LogP contribution in [0, 0.1) is 5.92 Å². The summed E-state index contributed by atoms with van der Waals surface area (Å²) in [4.78, 5) is 18.5. The molecule has 2 heterocycles. The average molecular weight is 291 g/mol. The summed E-state index contributed by atoms with van der Waals surface area (Å²) in [7, 11) is 0. The van der Waals surface area contributed by atoms with Crippen molar-refractivity contribution in [2.24, 2.45) is 11.7 Å². The number of nitrogens with zero attached hydrogens (tertiary/aromatic N) is 2. The number of carbonyl (C=O) groups excluding carboxylic acids is 1. The fourth-order valence-electron chi connectivity index (χ4n) is 2.25. The van der Waals surface area contributed by atoms with Gasteiger partial charge in [0.15, 0.2) is 5.13 Å². The van der Waals surface area contributed by atoms with Crippen LogP contribution in [0.25, 0.3) is 0 Å². The van der Waals surface area contributed by atoms with E-state index >= 15 is 0 Å². The zero-order valence-corrected chi connectivity index (χ0v) is 11.8. The molecular weight excluding hydrogens is 272 g/mol. The molecule has 0 aliphatic carbocycles. The van der Waals surface area contributed by atoms with Crippen LogP contribution >= 0.6 is 23.7 Å². The fourth-order valence-corrected chi connectivity index (χ4v) is 2.98. The maximum atomic E-state index is 10.8. The van der Waals surface area contributed by atoms with Crippen LogP contribution in [-0.2, 0) is 11.3 Å². The van der Waals surface area contributed by atoms with Crippen LogP contribution in [0.15, 0.2) is 6.20 Å². The Kier molecular flexibility index (Phi) is 5.84. The largest absolute Gasteiger partial charge is 0.375 e. The fraction of sp³-hybridized carbons (Fsp3) is 0.636. The van der Waals surface area contributed by atoms with Gasteiger partial charge in [0.05, 0.1) is 0 Å². The Morgan fingerprint density at radius 1 is 1.50 bits per heavy atom. The number of aromatic nitrogens is 1. The smallest absolute Gasteiger partial charge is 0.217 e. The molecule has 0 aromatic carbocycles. The first-order valence-corrected chi connectivity index (χ1v) is 6.66. The van der Waals surface area contributed by atoms with Crippen LogP contribution < -0.4 is 11.5 Å². The maximum absolute atomic E-state index is 10.8.